The highest BCUT2D eigenvalue weighted by molar-refractivity contribution is 5.85. The van der Waals surface area contributed by atoms with Gasteiger partial charge in [0, 0.05) is 12.6 Å². The van der Waals surface area contributed by atoms with Gasteiger partial charge in [0.05, 0.1) is 11.8 Å². The SMILES string of the molecule is CC1CCC(C)N(C(=O)[C@@H]2CCC[C@@H]2C(=O)O)C1. The second-order valence-corrected chi connectivity index (χ2v) is 6.00. The number of hydrogen-bond acceptors (Lipinski definition) is 2. The molecule has 18 heavy (non-hydrogen) atoms. The molecule has 4 heteroatoms. The zero-order valence-electron chi connectivity index (χ0n) is 11.3. The summed E-state index contributed by atoms with van der Waals surface area (Å²) in [6.07, 6.45) is 4.47. The summed E-state index contributed by atoms with van der Waals surface area (Å²) in [5, 5.41) is 9.18. The van der Waals surface area contributed by atoms with Crippen molar-refractivity contribution in [1.29, 1.82) is 0 Å². The fourth-order valence-corrected chi connectivity index (χ4v) is 3.36. The maximum absolute atomic E-state index is 12.5. The van der Waals surface area contributed by atoms with Gasteiger partial charge in [-0.1, -0.05) is 13.3 Å². The number of carbonyl (C=O) groups excluding carboxylic acids is 1. The predicted octanol–water partition coefficient (Wildman–Crippen LogP) is 2.13. The minimum atomic E-state index is -0.802. The molecule has 1 aliphatic heterocycles. The standard InChI is InChI=1S/C14H23NO3/c1-9-6-7-10(2)15(8-9)13(16)11-4-3-5-12(11)14(17)18/h9-12H,3-8H2,1-2H3,(H,17,18)/t9?,10?,11-,12+/m1/s1. The summed E-state index contributed by atoms with van der Waals surface area (Å²) in [4.78, 5) is 25.6. The number of aliphatic carboxylic acids is 1. The largest absolute Gasteiger partial charge is 0.481 e. The van der Waals surface area contributed by atoms with Gasteiger partial charge in [-0.05, 0) is 38.5 Å². The van der Waals surface area contributed by atoms with E-state index in [-0.39, 0.29) is 17.9 Å². The predicted molar refractivity (Wildman–Crippen MR) is 68.0 cm³/mol. The Hall–Kier alpha value is -1.06. The average Bonchev–Trinajstić information content (AvgIpc) is 2.80. The third-order valence-electron chi connectivity index (χ3n) is 4.55. The number of amides is 1. The molecule has 1 aliphatic carbocycles. The Balaban J connectivity index is 2.07. The van der Waals surface area contributed by atoms with Gasteiger partial charge in [0.15, 0.2) is 0 Å². The van der Waals surface area contributed by atoms with E-state index in [4.69, 9.17) is 0 Å². The van der Waals surface area contributed by atoms with E-state index < -0.39 is 11.9 Å². The third kappa shape index (κ3) is 2.52. The van der Waals surface area contributed by atoms with Crippen LogP contribution < -0.4 is 0 Å². The Morgan fingerprint density at radius 1 is 1.06 bits per heavy atom. The van der Waals surface area contributed by atoms with Gasteiger partial charge in [0.1, 0.15) is 0 Å². The van der Waals surface area contributed by atoms with Crippen LogP contribution in [0.5, 0.6) is 0 Å². The van der Waals surface area contributed by atoms with Gasteiger partial charge < -0.3 is 10.0 Å². The van der Waals surface area contributed by atoms with Crippen molar-refractivity contribution in [2.24, 2.45) is 17.8 Å². The topological polar surface area (TPSA) is 57.6 Å². The number of likely N-dealkylation sites (tertiary alicyclic amines) is 1. The van der Waals surface area contributed by atoms with Gasteiger partial charge in [0.2, 0.25) is 5.91 Å². The molecule has 1 heterocycles. The van der Waals surface area contributed by atoms with Crippen molar-refractivity contribution < 1.29 is 14.7 Å². The second kappa shape index (κ2) is 5.29. The molecule has 1 amide bonds. The van der Waals surface area contributed by atoms with Crippen LogP contribution in [0.3, 0.4) is 0 Å². The van der Waals surface area contributed by atoms with Crippen LogP contribution in [0.4, 0.5) is 0 Å². The minimum Gasteiger partial charge on any atom is -0.481 e. The maximum atomic E-state index is 12.5. The number of carbonyl (C=O) groups is 2. The molecule has 0 radical (unpaired) electrons. The van der Waals surface area contributed by atoms with Crippen molar-refractivity contribution >= 4 is 11.9 Å². The molecule has 1 N–H and O–H groups in total. The molecule has 2 fully saturated rings. The van der Waals surface area contributed by atoms with Crippen LogP contribution >= 0.6 is 0 Å². The van der Waals surface area contributed by atoms with Gasteiger partial charge in [-0.3, -0.25) is 9.59 Å². The highest BCUT2D eigenvalue weighted by atomic mass is 16.4. The fraction of sp³-hybridized carbons (Fsp3) is 0.857. The number of carboxylic acid groups (broad SMARTS) is 1. The van der Waals surface area contributed by atoms with Gasteiger partial charge in [0.25, 0.3) is 0 Å². The van der Waals surface area contributed by atoms with Crippen molar-refractivity contribution in [3.05, 3.63) is 0 Å². The summed E-state index contributed by atoms with van der Waals surface area (Å²) >= 11 is 0. The van der Waals surface area contributed by atoms with E-state index in [1.807, 2.05) is 4.90 Å². The molecular formula is C14H23NO3. The van der Waals surface area contributed by atoms with Crippen LogP contribution in [0.25, 0.3) is 0 Å². The van der Waals surface area contributed by atoms with Crippen molar-refractivity contribution in [3.63, 3.8) is 0 Å². The summed E-state index contributed by atoms with van der Waals surface area (Å²) in [6, 6.07) is 0.267. The molecule has 2 rings (SSSR count). The maximum Gasteiger partial charge on any atom is 0.307 e. The monoisotopic (exact) mass is 253 g/mol. The van der Waals surface area contributed by atoms with Gasteiger partial charge >= 0.3 is 5.97 Å². The van der Waals surface area contributed by atoms with E-state index in [0.717, 1.165) is 32.2 Å². The van der Waals surface area contributed by atoms with Crippen LogP contribution in [0.2, 0.25) is 0 Å². The normalized spacial score (nSPS) is 36.7. The molecule has 102 valence electrons. The zero-order valence-corrected chi connectivity index (χ0v) is 11.3. The molecule has 4 nitrogen and oxygen atoms in total. The van der Waals surface area contributed by atoms with Gasteiger partial charge in [-0.25, -0.2) is 0 Å². The molecule has 0 bridgehead atoms. The van der Waals surface area contributed by atoms with E-state index in [0.29, 0.717) is 12.3 Å². The summed E-state index contributed by atoms with van der Waals surface area (Å²) < 4.78 is 0. The fourth-order valence-electron chi connectivity index (χ4n) is 3.36. The molecule has 0 aromatic heterocycles. The quantitative estimate of drug-likeness (QED) is 0.820. The Bertz CT molecular complexity index is 342. The third-order valence-corrected chi connectivity index (χ3v) is 4.55. The lowest BCUT2D eigenvalue weighted by Crippen LogP contribution is -2.48. The van der Waals surface area contributed by atoms with Crippen LogP contribution in [0.15, 0.2) is 0 Å². The average molecular weight is 253 g/mol. The van der Waals surface area contributed by atoms with Crippen molar-refractivity contribution in [2.45, 2.75) is 52.0 Å². The van der Waals surface area contributed by atoms with E-state index in [2.05, 4.69) is 13.8 Å². The Kier molecular flexibility index (Phi) is 3.93. The summed E-state index contributed by atoms with van der Waals surface area (Å²) in [5.74, 6) is -0.922. The molecule has 2 aliphatic rings. The molecule has 4 atom stereocenters. The lowest BCUT2D eigenvalue weighted by Gasteiger charge is -2.38. The summed E-state index contributed by atoms with van der Waals surface area (Å²) in [6.45, 7) is 5.03. The Labute approximate surface area is 108 Å². The molecule has 0 aromatic carbocycles. The van der Waals surface area contributed by atoms with Crippen molar-refractivity contribution in [1.82, 2.24) is 4.90 Å². The lowest BCUT2D eigenvalue weighted by molar-refractivity contribution is -0.151. The first-order valence-electron chi connectivity index (χ1n) is 7.04. The van der Waals surface area contributed by atoms with Crippen LogP contribution in [-0.2, 0) is 9.59 Å². The first kappa shape index (κ1) is 13.4. The van der Waals surface area contributed by atoms with E-state index >= 15 is 0 Å². The molecule has 2 unspecified atom stereocenters. The van der Waals surface area contributed by atoms with E-state index in [1.165, 1.54) is 0 Å². The van der Waals surface area contributed by atoms with Gasteiger partial charge in [-0.15, -0.1) is 0 Å². The Morgan fingerprint density at radius 2 is 1.72 bits per heavy atom. The number of piperidine rings is 1. The number of carboxylic acids is 1. The smallest absolute Gasteiger partial charge is 0.307 e. The minimum absolute atomic E-state index is 0.0824. The first-order chi connectivity index (χ1) is 8.50. The lowest BCUT2D eigenvalue weighted by atomic mass is 9.90. The zero-order chi connectivity index (χ0) is 13.3. The van der Waals surface area contributed by atoms with E-state index in [9.17, 15) is 14.7 Å². The Morgan fingerprint density at radius 3 is 2.39 bits per heavy atom. The first-order valence-corrected chi connectivity index (χ1v) is 7.04. The molecule has 1 saturated heterocycles. The number of rotatable bonds is 2. The second-order valence-electron chi connectivity index (χ2n) is 6.00. The number of hydrogen-bond donors (Lipinski definition) is 1. The van der Waals surface area contributed by atoms with Crippen LogP contribution in [0.1, 0.15) is 46.0 Å². The molecule has 0 spiro atoms. The number of nitrogens with zero attached hydrogens (tertiary/aromatic N) is 1. The molecule has 1 saturated carbocycles. The highest BCUT2D eigenvalue weighted by Crippen LogP contribution is 2.35. The summed E-state index contributed by atoms with van der Waals surface area (Å²) in [5.41, 5.74) is 0. The van der Waals surface area contributed by atoms with E-state index in [1.54, 1.807) is 0 Å². The van der Waals surface area contributed by atoms with Crippen molar-refractivity contribution in [2.75, 3.05) is 6.54 Å². The molecule has 0 aromatic rings. The van der Waals surface area contributed by atoms with Gasteiger partial charge in [-0.2, -0.15) is 0 Å². The van der Waals surface area contributed by atoms with Crippen molar-refractivity contribution in [3.8, 4) is 0 Å². The summed E-state index contributed by atoms with van der Waals surface area (Å²) in [7, 11) is 0. The van der Waals surface area contributed by atoms with Crippen LogP contribution in [-0.4, -0.2) is 34.5 Å². The highest BCUT2D eigenvalue weighted by Gasteiger charge is 2.41. The van der Waals surface area contributed by atoms with Crippen LogP contribution in [0, 0.1) is 17.8 Å². The molecular weight excluding hydrogens is 230 g/mol.